The average molecular weight is 671 g/mol. The van der Waals surface area contributed by atoms with Crippen molar-refractivity contribution in [3.05, 3.63) is 83.9 Å². The number of aromatic hydroxyl groups is 2. The Hall–Kier alpha value is -4.19. The summed E-state index contributed by atoms with van der Waals surface area (Å²) in [5.74, 6) is -1.16. The fourth-order valence-corrected chi connectivity index (χ4v) is 5.60. The van der Waals surface area contributed by atoms with Gasteiger partial charge < -0.3 is 21.3 Å². The number of alkyl halides is 1. The molecule has 0 heterocycles. The second-order valence-electron chi connectivity index (χ2n) is 8.68. The summed E-state index contributed by atoms with van der Waals surface area (Å²) < 4.78 is 84.1. The van der Waals surface area contributed by atoms with E-state index in [9.17, 15) is 35.2 Å². The highest BCUT2D eigenvalue weighted by Crippen LogP contribution is 2.31. The zero-order valence-electron chi connectivity index (χ0n) is 21.7. The molecular formula is C26H23ClN2O11S3. The van der Waals surface area contributed by atoms with E-state index in [0.29, 0.717) is 16.6 Å². The molecule has 17 heteroatoms. The molecule has 0 aliphatic heterocycles. The van der Waals surface area contributed by atoms with Gasteiger partial charge in [0, 0.05) is 41.1 Å². The number of phenolic OH excluding ortho intramolecular Hbond substituents is 2. The zero-order chi connectivity index (χ0) is 32.1. The Kier molecular flexibility index (Phi) is 10.4. The number of hydrogen-bond acceptors (Lipinski definition) is 10. The van der Waals surface area contributed by atoms with Gasteiger partial charge >= 0.3 is 0 Å². The molecule has 43 heavy (non-hydrogen) atoms. The van der Waals surface area contributed by atoms with Crippen molar-refractivity contribution in [2.75, 3.05) is 16.9 Å². The van der Waals surface area contributed by atoms with Crippen molar-refractivity contribution < 1.29 is 49.4 Å². The van der Waals surface area contributed by atoms with Crippen LogP contribution in [0.4, 0.5) is 11.4 Å². The van der Waals surface area contributed by atoms with E-state index >= 15 is 0 Å². The number of nitrogen functional groups attached to an aromatic ring is 1. The number of anilines is 2. The lowest BCUT2D eigenvalue weighted by molar-refractivity contribution is 0.102. The number of carbonyl (C=O) groups is 1. The molecule has 0 saturated carbocycles. The minimum Gasteiger partial charge on any atom is -0.507 e. The van der Waals surface area contributed by atoms with Crippen LogP contribution in [-0.4, -0.2) is 61.2 Å². The average Bonchev–Trinajstić information content (AvgIpc) is 2.92. The van der Waals surface area contributed by atoms with Crippen molar-refractivity contribution in [2.24, 2.45) is 0 Å². The highest BCUT2D eigenvalue weighted by Gasteiger charge is 2.15. The predicted octanol–water partition coefficient (Wildman–Crippen LogP) is 3.29. The first kappa shape index (κ1) is 33.3. The predicted molar refractivity (Wildman–Crippen MR) is 161 cm³/mol. The molecule has 0 atom stereocenters. The van der Waals surface area contributed by atoms with Crippen LogP contribution in [0.1, 0.15) is 22.3 Å². The molecule has 4 aromatic carbocycles. The summed E-state index contributed by atoms with van der Waals surface area (Å²) in [7, 11) is -11.2. The first-order valence-electron chi connectivity index (χ1n) is 11.7. The van der Waals surface area contributed by atoms with E-state index in [0.717, 1.165) is 18.2 Å². The highest BCUT2D eigenvalue weighted by atomic mass is 35.5. The van der Waals surface area contributed by atoms with E-state index in [4.69, 9.17) is 31.5 Å². The molecular weight excluding hydrogens is 648 g/mol. The SMILES string of the molecule is Nc1ccc(S(=O)(=O)O)cc1O.O=C(Nc1ccc2cc(S(=O)(=O)O)cc(O)c2c1)c1cccc(C(CCCl)=S(=O)=O)c1. The maximum atomic E-state index is 12.6. The Balaban J connectivity index is 0.000000353. The molecule has 7 N–H and O–H groups in total. The van der Waals surface area contributed by atoms with Gasteiger partial charge in [0.2, 0.25) is 10.3 Å². The first-order valence-corrected chi connectivity index (χ1v) is 16.2. The van der Waals surface area contributed by atoms with E-state index in [1.807, 2.05) is 0 Å². The number of hydrogen-bond donors (Lipinski definition) is 6. The number of nitrogens with two attached hydrogens (primary N) is 1. The number of amides is 1. The number of carbonyl (C=O) groups excluding carboxylic acids is 1. The van der Waals surface area contributed by atoms with Gasteiger partial charge in [-0.15, -0.1) is 11.6 Å². The quantitative estimate of drug-likeness (QED) is 0.0415. The molecule has 13 nitrogen and oxygen atoms in total. The smallest absolute Gasteiger partial charge is 0.294 e. The molecule has 1 amide bonds. The molecule has 0 radical (unpaired) electrons. The number of fused-ring (bicyclic) bond motifs is 1. The molecule has 0 fully saturated rings. The number of benzene rings is 4. The molecule has 4 aromatic rings. The number of nitrogens with one attached hydrogen (secondary N) is 1. The van der Waals surface area contributed by atoms with Gasteiger partial charge in [-0.1, -0.05) is 18.2 Å². The van der Waals surface area contributed by atoms with Gasteiger partial charge in [0.15, 0.2) is 0 Å². The third-order valence-corrected chi connectivity index (χ3v) is 8.44. The Bertz CT molecular complexity index is 2070. The first-order chi connectivity index (χ1) is 20.0. The molecule has 0 aliphatic rings. The van der Waals surface area contributed by atoms with Crippen LogP contribution in [0.2, 0.25) is 0 Å². The van der Waals surface area contributed by atoms with Gasteiger partial charge in [0.05, 0.1) is 20.3 Å². The third-order valence-electron chi connectivity index (χ3n) is 5.73. The van der Waals surface area contributed by atoms with E-state index in [2.05, 4.69) is 5.32 Å². The molecule has 0 aliphatic carbocycles. The summed E-state index contributed by atoms with van der Waals surface area (Å²) >= 11 is 5.65. The van der Waals surface area contributed by atoms with E-state index in [-0.39, 0.29) is 50.2 Å². The van der Waals surface area contributed by atoms with Gasteiger partial charge in [-0.3, -0.25) is 13.9 Å². The lowest BCUT2D eigenvalue weighted by Gasteiger charge is -2.10. The minimum absolute atomic E-state index is 0.0578. The molecule has 0 bridgehead atoms. The molecule has 4 rings (SSSR count). The summed E-state index contributed by atoms with van der Waals surface area (Å²) in [6.45, 7) is 0. The Labute approximate surface area is 252 Å². The molecule has 0 aromatic heterocycles. The van der Waals surface area contributed by atoms with Crippen LogP contribution < -0.4 is 11.1 Å². The maximum absolute atomic E-state index is 12.6. The normalized spacial score (nSPS) is 11.3. The minimum atomic E-state index is -4.49. The van der Waals surface area contributed by atoms with Crippen LogP contribution in [0.25, 0.3) is 10.8 Å². The second-order valence-corrected chi connectivity index (χ2v) is 12.9. The van der Waals surface area contributed by atoms with Gasteiger partial charge in [0.1, 0.15) is 11.5 Å². The zero-order valence-corrected chi connectivity index (χ0v) is 24.9. The van der Waals surface area contributed by atoms with Crippen molar-refractivity contribution in [1.82, 2.24) is 0 Å². The van der Waals surface area contributed by atoms with Crippen molar-refractivity contribution in [3.63, 3.8) is 0 Å². The summed E-state index contributed by atoms with van der Waals surface area (Å²) in [6, 6.07) is 15.7. The molecule has 0 spiro atoms. The summed E-state index contributed by atoms with van der Waals surface area (Å²) in [4.78, 5) is 11.9. The van der Waals surface area contributed by atoms with Crippen molar-refractivity contribution >= 4 is 75.0 Å². The van der Waals surface area contributed by atoms with Crippen LogP contribution in [0.3, 0.4) is 0 Å². The van der Waals surface area contributed by atoms with Crippen LogP contribution in [0.15, 0.2) is 82.6 Å². The Morgan fingerprint density at radius 1 is 0.814 bits per heavy atom. The Morgan fingerprint density at radius 2 is 1.44 bits per heavy atom. The maximum Gasteiger partial charge on any atom is 0.294 e. The lowest BCUT2D eigenvalue weighted by atomic mass is 10.1. The lowest BCUT2D eigenvalue weighted by Crippen LogP contribution is -2.13. The summed E-state index contributed by atoms with van der Waals surface area (Å²) in [6.07, 6.45) is 0.123. The van der Waals surface area contributed by atoms with Gasteiger partial charge in [-0.05, 0) is 53.4 Å². The summed E-state index contributed by atoms with van der Waals surface area (Å²) in [5, 5.41) is 22.3. The fourth-order valence-electron chi connectivity index (χ4n) is 3.67. The van der Waals surface area contributed by atoms with E-state index < -0.39 is 41.3 Å². The fraction of sp³-hybridized carbons (Fsp3) is 0.0769. The second kappa shape index (κ2) is 13.4. The van der Waals surface area contributed by atoms with E-state index in [1.54, 1.807) is 12.1 Å². The molecule has 0 unspecified atom stereocenters. The van der Waals surface area contributed by atoms with Crippen LogP contribution in [0, 0.1) is 0 Å². The standard InChI is InChI=1S/C20H16ClNO7S2.C6H7NO4S/c21-7-6-19(30(25)26)13-2-1-3-14(8-13)20(24)22-15-5-4-12-9-16(31(27,28)29)11-18(23)17(12)10-15;7-5-2-1-4(3-6(5)8)12(9,10)11/h1-5,8-11,23H,6-7H2,(H,22,24)(H,27,28,29);1-3,8H,7H2,(H,9,10,11). The van der Waals surface area contributed by atoms with Crippen LogP contribution in [-0.2, 0) is 30.5 Å². The number of rotatable bonds is 7. The van der Waals surface area contributed by atoms with E-state index in [1.165, 1.54) is 42.5 Å². The largest absolute Gasteiger partial charge is 0.507 e. The monoisotopic (exact) mass is 670 g/mol. The third kappa shape index (κ3) is 8.66. The van der Waals surface area contributed by atoms with Crippen molar-refractivity contribution in [3.8, 4) is 11.5 Å². The molecule has 228 valence electrons. The van der Waals surface area contributed by atoms with Crippen LogP contribution in [0.5, 0.6) is 11.5 Å². The Morgan fingerprint density at radius 3 is 2.02 bits per heavy atom. The van der Waals surface area contributed by atoms with Crippen molar-refractivity contribution in [1.29, 1.82) is 0 Å². The number of phenols is 2. The van der Waals surface area contributed by atoms with Gasteiger partial charge in [0.25, 0.3) is 26.1 Å². The number of halogens is 1. The van der Waals surface area contributed by atoms with Crippen molar-refractivity contribution in [2.45, 2.75) is 16.2 Å². The van der Waals surface area contributed by atoms with Gasteiger partial charge in [-0.2, -0.15) is 25.3 Å². The van der Waals surface area contributed by atoms with Crippen LogP contribution >= 0.6 is 11.6 Å². The molecule has 0 saturated heterocycles. The topological polar surface area (TPSA) is 238 Å². The highest BCUT2D eigenvalue weighted by molar-refractivity contribution is 7.86. The van der Waals surface area contributed by atoms with Gasteiger partial charge in [-0.25, -0.2) is 0 Å². The summed E-state index contributed by atoms with van der Waals surface area (Å²) in [5.41, 5.74) is 6.14.